The topological polar surface area (TPSA) is 109 Å². The number of ether oxygens (including phenoxy) is 1. The Hall–Kier alpha value is -2.51. The largest absolute Gasteiger partial charge is 0.411 e. The maximum absolute atomic E-state index is 10.7. The van der Waals surface area contributed by atoms with E-state index < -0.39 is 6.09 Å². The Bertz CT molecular complexity index is 565. The van der Waals surface area contributed by atoms with Crippen LogP contribution in [0.1, 0.15) is 25.6 Å². The molecule has 8 nitrogen and oxygen atoms in total. The van der Waals surface area contributed by atoms with Gasteiger partial charge >= 0.3 is 6.09 Å². The van der Waals surface area contributed by atoms with Gasteiger partial charge in [-0.15, -0.1) is 5.10 Å². The summed E-state index contributed by atoms with van der Waals surface area (Å²) in [6.45, 7) is 3.93. The molecule has 0 atom stereocenters. The summed E-state index contributed by atoms with van der Waals surface area (Å²) < 4.78 is 6.18. The second-order valence-electron chi connectivity index (χ2n) is 3.86. The van der Waals surface area contributed by atoms with Crippen LogP contribution >= 0.6 is 0 Å². The van der Waals surface area contributed by atoms with Gasteiger partial charge in [-0.1, -0.05) is 19.9 Å². The van der Waals surface area contributed by atoms with Crippen molar-refractivity contribution >= 4 is 6.09 Å². The molecule has 0 aromatic carbocycles. The Morgan fingerprint density at radius 3 is 2.89 bits per heavy atom. The van der Waals surface area contributed by atoms with Gasteiger partial charge in [0.2, 0.25) is 5.88 Å². The lowest BCUT2D eigenvalue weighted by Gasteiger charge is -2.06. The first-order valence-electron chi connectivity index (χ1n) is 5.31. The molecule has 2 heterocycles. The fraction of sp³-hybridized carbons (Fsp3) is 0.300. The van der Waals surface area contributed by atoms with E-state index in [0.29, 0.717) is 11.6 Å². The van der Waals surface area contributed by atoms with Crippen molar-refractivity contribution in [2.75, 3.05) is 0 Å². The highest BCUT2D eigenvalue weighted by atomic mass is 16.6. The molecule has 0 aliphatic carbocycles. The summed E-state index contributed by atoms with van der Waals surface area (Å²) in [4.78, 5) is 14.8. The van der Waals surface area contributed by atoms with Gasteiger partial charge < -0.3 is 10.5 Å². The normalized spacial score (nSPS) is 10.6. The van der Waals surface area contributed by atoms with Gasteiger partial charge in [-0.25, -0.2) is 4.79 Å². The average Bonchev–Trinajstić information content (AvgIpc) is 2.77. The number of primary amides is 1. The van der Waals surface area contributed by atoms with Gasteiger partial charge in [0.1, 0.15) is 0 Å². The molecular formula is C10H12N6O2. The number of hydrogen-bond acceptors (Lipinski definition) is 6. The van der Waals surface area contributed by atoms with Crippen LogP contribution in [0.3, 0.4) is 0 Å². The zero-order valence-electron chi connectivity index (χ0n) is 9.94. The Balaban J connectivity index is 2.38. The molecule has 2 rings (SSSR count). The number of aromatic nitrogens is 5. The molecule has 8 heteroatoms. The smallest absolute Gasteiger partial charge is 0.391 e. The lowest BCUT2D eigenvalue weighted by Crippen LogP contribution is -2.17. The van der Waals surface area contributed by atoms with Gasteiger partial charge in [0.25, 0.3) is 0 Å². The Morgan fingerprint density at radius 1 is 1.44 bits per heavy atom. The number of carbonyl (C=O) groups excluding carboxylic acids is 1. The maximum Gasteiger partial charge on any atom is 0.411 e. The monoisotopic (exact) mass is 248 g/mol. The Kier molecular flexibility index (Phi) is 3.18. The average molecular weight is 248 g/mol. The quantitative estimate of drug-likeness (QED) is 0.853. The van der Waals surface area contributed by atoms with Crippen LogP contribution in [-0.2, 0) is 0 Å². The van der Waals surface area contributed by atoms with Crippen molar-refractivity contribution in [3.05, 3.63) is 24.0 Å². The minimum atomic E-state index is -0.916. The summed E-state index contributed by atoms with van der Waals surface area (Å²) in [6, 6.07) is 4.90. The molecule has 0 unspecified atom stereocenters. The second-order valence-corrected chi connectivity index (χ2v) is 3.86. The van der Waals surface area contributed by atoms with Crippen LogP contribution in [0.15, 0.2) is 18.2 Å². The lowest BCUT2D eigenvalue weighted by molar-refractivity contribution is 0.209. The van der Waals surface area contributed by atoms with Crippen LogP contribution in [-0.4, -0.2) is 31.3 Å². The molecule has 0 saturated heterocycles. The molecule has 0 aliphatic heterocycles. The number of amides is 1. The molecule has 2 N–H and O–H groups in total. The fourth-order valence-corrected chi connectivity index (χ4v) is 1.40. The van der Waals surface area contributed by atoms with E-state index in [4.69, 9.17) is 10.5 Å². The van der Waals surface area contributed by atoms with Crippen LogP contribution in [0.5, 0.6) is 5.88 Å². The minimum absolute atomic E-state index is 0.102. The van der Waals surface area contributed by atoms with E-state index in [2.05, 4.69) is 20.5 Å². The number of hydrogen-bond donors (Lipinski definition) is 1. The van der Waals surface area contributed by atoms with E-state index in [1.54, 1.807) is 12.1 Å². The summed E-state index contributed by atoms with van der Waals surface area (Å²) in [6.07, 6.45) is -0.916. The molecule has 2 aromatic rings. The third kappa shape index (κ3) is 2.42. The van der Waals surface area contributed by atoms with Gasteiger partial charge in [0, 0.05) is 12.0 Å². The maximum atomic E-state index is 10.7. The highest BCUT2D eigenvalue weighted by Crippen LogP contribution is 2.15. The van der Waals surface area contributed by atoms with Crippen molar-refractivity contribution in [2.24, 2.45) is 5.73 Å². The molecule has 1 amide bonds. The van der Waals surface area contributed by atoms with Crippen molar-refractivity contribution in [1.29, 1.82) is 0 Å². The third-order valence-corrected chi connectivity index (χ3v) is 2.14. The van der Waals surface area contributed by atoms with Gasteiger partial charge in [-0.2, -0.15) is 9.67 Å². The van der Waals surface area contributed by atoms with Crippen molar-refractivity contribution in [3.63, 3.8) is 0 Å². The SMILES string of the molecule is CC(C)c1nnnn1-c1cccc(OC(N)=O)n1. The molecule has 2 aromatic heterocycles. The molecule has 0 spiro atoms. The zero-order chi connectivity index (χ0) is 13.1. The first kappa shape index (κ1) is 12.0. The Labute approximate surface area is 103 Å². The third-order valence-electron chi connectivity index (χ3n) is 2.14. The fourth-order valence-electron chi connectivity index (χ4n) is 1.40. The number of pyridine rings is 1. The molecular weight excluding hydrogens is 236 g/mol. The summed E-state index contributed by atoms with van der Waals surface area (Å²) in [5.74, 6) is 1.37. The summed E-state index contributed by atoms with van der Waals surface area (Å²) in [7, 11) is 0. The first-order valence-corrected chi connectivity index (χ1v) is 5.31. The number of nitrogens with zero attached hydrogens (tertiary/aromatic N) is 5. The molecule has 94 valence electrons. The summed E-state index contributed by atoms with van der Waals surface area (Å²) >= 11 is 0. The Morgan fingerprint density at radius 2 is 2.22 bits per heavy atom. The van der Waals surface area contributed by atoms with Crippen LogP contribution in [0, 0.1) is 0 Å². The molecule has 0 aliphatic rings. The molecule has 18 heavy (non-hydrogen) atoms. The second kappa shape index (κ2) is 4.78. The number of carbonyl (C=O) groups is 1. The van der Waals surface area contributed by atoms with Crippen molar-refractivity contribution in [2.45, 2.75) is 19.8 Å². The zero-order valence-corrected chi connectivity index (χ0v) is 9.94. The highest BCUT2D eigenvalue weighted by molar-refractivity contribution is 5.67. The van der Waals surface area contributed by atoms with Crippen LogP contribution in [0.4, 0.5) is 4.79 Å². The van der Waals surface area contributed by atoms with E-state index in [9.17, 15) is 4.79 Å². The van der Waals surface area contributed by atoms with Gasteiger partial charge in [0.15, 0.2) is 11.6 Å². The van der Waals surface area contributed by atoms with E-state index >= 15 is 0 Å². The number of tetrazole rings is 1. The number of nitrogens with two attached hydrogens (primary N) is 1. The van der Waals surface area contributed by atoms with Crippen molar-refractivity contribution < 1.29 is 9.53 Å². The molecule has 0 bridgehead atoms. The van der Waals surface area contributed by atoms with E-state index in [-0.39, 0.29) is 11.8 Å². The van der Waals surface area contributed by atoms with Crippen molar-refractivity contribution in [3.8, 4) is 11.7 Å². The van der Waals surface area contributed by atoms with Crippen LogP contribution in [0.2, 0.25) is 0 Å². The standard InChI is InChI=1S/C10H12N6O2/c1-6(2)9-13-14-15-16(9)7-4-3-5-8(12-7)18-10(11)17/h3-6H,1-2H3,(H2,11,17). The predicted octanol–water partition coefficient (Wildman–Crippen LogP) is 0.638. The van der Waals surface area contributed by atoms with E-state index in [0.717, 1.165) is 0 Å². The molecule has 0 radical (unpaired) electrons. The van der Waals surface area contributed by atoms with Crippen LogP contribution in [0.25, 0.3) is 5.82 Å². The van der Waals surface area contributed by atoms with Crippen molar-refractivity contribution in [1.82, 2.24) is 25.2 Å². The summed E-state index contributed by atoms with van der Waals surface area (Å²) in [5.41, 5.74) is 4.92. The van der Waals surface area contributed by atoms with Gasteiger partial charge in [-0.3, -0.25) is 0 Å². The highest BCUT2D eigenvalue weighted by Gasteiger charge is 2.13. The molecule has 0 fully saturated rings. The first-order chi connectivity index (χ1) is 8.58. The van der Waals surface area contributed by atoms with Gasteiger partial charge in [0.05, 0.1) is 0 Å². The van der Waals surface area contributed by atoms with E-state index in [1.807, 2.05) is 13.8 Å². The summed E-state index contributed by atoms with van der Waals surface area (Å²) in [5, 5.41) is 11.4. The molecule has 0 saturated carbocycles. The number of rotatable bonds is 3. The van der Waals surface area contributed by atoms with E-state index in [1.165, 1.54) is 10.7 Å². The van der Waals surface area contributed by atoms with Crippen LogP contribution < -0.4 is 10.5 Å². The van der Waals surface area contributed by atoms with Gasteiger partial charge in [-0.05, 0) is 16.5 Å². The minimum Gasteiger partial charge on any atom is -0.391 e. The predicted molar refractivity (Wildman–Crippen MR) is 61.2 cm³/mol. The lowest BCUT2D eigenvalue weighted by atomic mass is 10.2.